The summed E-state index contributed by atoms with van der Waals surface area (Å²) in [7, 11) is 0. The summed E-state index contributed by atoms with van der Waals surface area (Å²) in [6, 6.07) is 4.03. The Morgan fingerprint density at radius 2 is 2.18 bits per heavy atom. The van der Waals surface area contributed by atoms with E-state index < -0.39 is 12.5 Å². The van der Waals surface area contributed by atoms with Crippen molar-refractivity contribution in [2.75, 3.05) is 18.4 Å². The fourth-order valence-electron chi connectivity index (χ4n) is 2.17. The van der Waals surface area contributed by atoms with Gasteiger partial charge in [-0.1, -0.05) is 11.6 Å². The van der Waals surface area contributed by atoms with E-state index in [4.69, 9.17) is 11.6 Å². The minimum Gasteiger partial charge on any atom is -0.433 e. The van der Waals surface area contributed by atoms with E-state index in [1.54, 1.807) is 0 Å². The highest BCUT2D eigenvalue weighted by molar-refractivity contribution is 6.32. The molecule has 0 saturated carbocycles. The van der Waals surface area contributed by atoms with Crippen molar-refractivity contribution in [2.24, 2.45) is 0 Å². The highest BCUT2D eigenvalue weighted by Gasteiger charge is 2.20. The second kappa shape index (κ2) is 7.40. The summed E-state index contributed by atoms with van der Waals surface area (Å²) in [4.78, 5) is 25.0. The number of amides is 2. The zero-order valence-corrected chi connectivity index (χ0v) is 12.4. The highest BCUT2D eigenvalue weighted by atomic mass is 35.5. The predicted molar refractivity (Wildman–Crippen MR) is 77.1 cm³/mol. The fraction of sp³-hybridized carbons (Fsp3) is 0.429. The maximum Gasteiger partial charge on any atom is 0.387 e. The average molecular weight is 333 g/mol. The van der Waals surface area contributed by atoms with E-state index in [-0.39, 0.29) is 28.9 Å². The third-order valence-electron chi connectivity index (χ3n) is 3.19. The van der Waals surface area contributed by atoms with Gasteiger partial charge in [0.25, 0.3) is 0 Å². The molecule has 0 atom stereocenters. The first kappa shape index (κ1) is 16.5. The van der Waals surface area contributed by atoms with Crippen molar-refractivity contribution in [1.29, 1.82) is 0 Å². The molecule has 1 heterocycles. The molecule has 0 unspecified atom stereocenters. The molecule has 8 heteroatoms. The predicted octanol–water partition coefficient (Wildman–Crippen LogP) is 2.89. The molecule has 1 aliphatic heterocycles. The van der Waals surface area contributed by atoms with Crippen molar-refractivity contribution in [3.63, 3.8) is 0 Å². The summed E-state index contributed by atoms with van der Waals surface area (Å²) in [5, 5.41) is 2.55. The highest BCUT2D eigenvalue weighted by Crippen LogP contribution is 2.29. The average Bonchev–Trinajstić information content (AvgIpc) is 2.44. The van der Waals surface area contributed by atoms with Crippen LogP contribution in [-0.2, 0) is 9.59 Å². The number of alkyl halides is 2. The number of piperidine rings is 1. The quantitative estimate of drug-likeness (QED) is 0.902. The van der Waals surface area contributed by atoms with Crippen LogP contribution in [0.15, 0.2) is 18.2 Å². The Kier molecular flexibility index (Phi) is 5.54. The molecule has 1 aliphatic rings. The third-order valence-corrected chi connectivity index (χ3v) is 3.50. The zero-order valence-electron chi connectivity index (χ0n) is 11.7. The maximum absolute atomic E-state index is 12.2. The Hall–Kier alpha value is -1.89. The van der Waals surface area contributed by atoms with E-state index in [2.05, 4.69) is 10.1 Å². The zero-order chi connectivity index (χ0) is 16.1. The van der Waals surface area contributed by atoms with Crippen LogP contribution < -0.4 is 10.1 Å². The largest absolute Gasteiger partial charge is 0.433 e. The molecular weight excluding hydrogens is 318 g/mol. The first-order valence-electron chi connectivity index (χ1n) is 6.77. The number of hydrogen-bond donors (Lipinski definition) is 1. The minimum absolute atomic E-state index is 0.0181. The number of ether oxygens (including phenoxy) is 1. The van der Waals surface area contributed by atoms with Crippen LogP contribution in [0.5, 0.6) is 5.75 Å². The lowest BCUT2D eigenvalue weighted by molar-refractivity contribution is -0.136. The summed E-state index contributed by atoms with van der Waals surface area (Å²) >= 11 is 5.73. The van der Waals surface area contributed by atoms with E-state index in [1.807, 2.05) is 0 Å². The van der Waals surface area contributed by atoms with E-state index in [9.17, 15) is 18.4 Å². The van der Waals surface area contributed by atoms with Crippen molar-refractivity contribution >= 4 is 29.1 Å². The number of carbonyl (C=O) groups is 2. The lowest BCUT2D eigenvalue weighted by atomic mass is 10.1. The van der Waals surface area contributed by atoms with Crippen LogP contribution in [0.2, 0.25) is 5.02 Å². The molecule has 0 spiro atoms. The van der Waals surface area contributed by atoms with Gasteiger partial charge in [-0.3, -0.25) is 9.59 Å². The number of benzene rings is 1. The molecule has 1 N–H and O–H groups in total. The lowest BCUT2D eigenvalue weighted by Gasteiger charge is -2.26. The van der Waals surface area contributed by atoms with Gasteiger partial charge in [-0.25, -0.2) is 0 Å². The van der Waals surface area contributed by atoms with Gasteiger partial charge >= 0.3 is 6.61 Å². The normalized spacial score (nSPS) is 15.1. The Labute approximate surface area is 131 Å². The van der Waals surface area contributed by atoms with Gasteiger partial charge in [-0.05, 0) is 25.0 Å². The molecule has 5 nitrogen and oxygen atoms in total. The van der Waals surface area contributed by atoms with Crippen LogP contribution in [0.4, 0.5) is 14.5 Å². The van der Waals surface area contributed by atoms with Crippen LogP contribution in [0.1, 0.15) is 19.3 Å². The molecule has 0 aromatic heterocycles. The van der Waals surface area contributed by atoms with E-state index >= 15 is 0 Å². The summed E-state index contributed by atoms with van der Waals surface area (Å²) in [6.45, 7) is -2.52. The molecule has 120 valence electrons. The van der Waals surface area contributed by atoms with Crippen molar-refractivity contribution in [3.8, 4) is 5.75 Å². The standard InChI is InChI=1S/C14H15ClF2N2O3/c15-10-5-4-9(7-11(10)22-14(16)17)18-12(20)8-19-6-2-1-3-13(19)21/h4-5,7,14H,1-3,6,8H2,(H,18,20). The smallest absolute Gasteiger partial charge is 0.387 e. The topological polar surface area (TPSA) is 58.6 Å². The first-order chi connectivity index (χ1) is 10.5. The van der Waals surface area contributed by atoms with Crippen molar-refractivity contribution in [1.82, 2.24) is 4.90 Å². The summed E-state index contributed by atoms with van der Waals surface area (Å²) in [5.74, 6) is -0.677. The second-order valence-electron chi connectivity index (χ2n) is 4.84. The van der Waals surface area contributed by atoms with Crippen molar-refractivity contribution < 1.29 is 23.1 Å². The molecule has 0 aliphatic carbocycles. The van der Waals surface area contributed by atoms with E-state index in [1.165, 1.54) is 23.1 Å². The molecule has 22 heavy (non-hydrogen) atoms. The van der Waals surface area contributed by atoms with Crippen LogP contribution in [0, 0.1) is 0 Å². The molecular formula is C14H15ClF2N2O3. The summed E-state index contributed by atoms with van der Waals surface area (Å²) in [6.07, 6.45) is 2.15. The molecule has 0 radical (unpaired) electrons. The lowest BCUT2D eigenvalue weighted by Crippen LogP contribution is -2.40. The van der Waals surface area contributed by atoms with Gasteiger partial charge in [0.2, 0.25) is 11.8 Å². The van der Waals surface area contributed by atoms with Crippen molar-refractivity contribution in [3.05, 3.63) is 23.2 Å². The number of hydrogen-bond acceptors (Lipinski definition) is 3. The Morgan fingerprint density at radius 3 is 2.86 bits per heavy atom. The van der Waals surface area contributed by atoms with E-state index in [0.717, 1.165) is 12.8 Å². The number of likely N-dealkylation sites (tertiary alicyclic amines) is 1. The van der Waals surface area contributed by atoms with E-state index in [0.29, 0.717) is 13.0 Å². The minimum atomic E-state index is -3.01. The number of anilines is 1. The number of carbonyl (C=O) groups excluding carboxylic acids is 2. The molecule has 1 fully saturated rings. The Balaban J connectivity index is 1.97. The van der Waals surface area contributed by atoms with Gasteiger partial charge in [0.15, 0.2) is 0 Å². The molecule has 1 aromatic rings. The van der Waals surface area contributed by atoms with Gasteiger partial charge in [0, 0.05) is 24.7 Å². The Bertz CT molecular complexity index is 569. The maximum atomic E-state index is 12.2. The molecule has 2 rings (SSSR count). The SMILES string of the molecule is O=C(CN1CCCCC1=O)Nc1ccc(Cl)c(OC(F)F)c1. The van der Waals surface area contributed by atoms with Gasteiger partial charge in [-0.2, -0.15) is 8.78 Å². The van der Waals surface area contributed by atoms with Crippen molar-refractivity contribution in [2.45, 2.75) is 25.9 Å². The molecule has 0 bridgehead atoms. The summed E-state index contributed by atoms with van der Waals surface area (Å²) in [5.41, 5.74) is 0.273. The third kappa shape index (κ3) is 4.56. The van der Waals surface area contributed by atoms with Gasteiger partial charge in [0.05, 0.1) is 11.6 Å². The van der Waals surface area contributed by atoms with Crippen LogP contribution in [0.25, 0.3) is 0 Å². The van der Waals surface area contributed by atoms with Crippen LogP contribution >= 0.6 is 11.6 Å². The number of halogens is 3. The van der Waals surface area contributed by atoms with Crippen LogP contribution in [-0.4, -0.2) is 36.4 Å². The Morgan fingerprint density at radius 1 is 1.41 bits per heavy atom. The second-order valence-corrected chi connectivity index (χ2v) is 5.25. The molecule has 1 saturated heterocycles. The monoisotopic (exact) mass is 332 g/mol. The summed E-state index contributed by atoms with van der Waals surface area (Å²) < 4.78 is 28.7. The number of nitrogens with zero attached hydrogens (tertiary/aromatic N) is 1. The van der Waals surface area contributed by atoms with Crippen LogP contribution in [0.3, 0.4) is 0 Å². The van der Waals surface area contributed by atoms with Gasteiger partial charge in [-0.15, -0.1) is 0 Å². The molecule has 2 amide bonds. The fourth-order valence-corrected chi connectivity index (χ4v) is 2.33. The number of nitrogens with one attached hydrogen (secondary N) is 1. The number of rotatable bonds is 5. The van der Waals surface area contributed by atoms with Gasteiger partial charge < -0.3 is 15.0 Å². The first-order valence-corrected chi connectivity index (χ1v) is 7.15. The van der Waals surface area contributed by atoms with Gasteiger partial charge in [0.1, 0.15) is 5.75 Å². The molecule has 1 aromatic carbocycles.